The Morgan fingerprint density at radius 3 is 2.48 bits per heavy atom. The van der Waals surface area contributed by atoms with Gasteiger partial charge in [-0.15, -0.1) is 0 Å². The van der Waals surface area contributed by atoms with E-state index in [1.54, 1.807) is 7.05 Å². The van der Waals surface area contributed by atoms with Crippen LogP contribution < -0.4 is 5.73 Å². The highest BCUT2D eigenvalue weighted by Crippen LogP contribution is 2.40. The molecule has 0 radical (unpaired) electrons. The van der Waals surface area contributed by atoms with Gasteiger partial charge in [-0.25, -0.2) is 4.99 Å². The summed E-state index contributed by atoms with van der Waals surface area (Å²) in [6.07, 6.45) is 3.36. The van der Waals surface area contributed by atoms with E-state index in [0.29, 0.717) is 0 Å². The average Bonchev–Trinajstić information content (AvgIpc) is 3.14. The second kappa shape index (κ2) is 4.95. The fourth-order valence-corrected chi connectivity index (χ4v) is 3.66. The molecule has 116 valence electrons. The Morgan fingerprint density at radius 1 is 1.04 bits per heavy atom. The third kappa shape index (κ3) is 1.91. The highest BCUT2D eigenvalue weighted by atomic mass is 16.2. The van der Waals surface area contributed by atoms with E-state index in [-0.39, 0.29) is 11.9 Å². The van der Waals surface area contributed by atoms with Crippen molar-refractivity contribution in [1.29, 1.82) is 0 Å². The number of fused-ring (bicyclic) bond motifs is 1. The predicted molar refractivity (Wildman–Crippen MR) is 90.1 cm³/mol. The van der Waals surface area contributed by atoms with Gasteiger partial charge in [-0.3, -0.25) is 9.69 Å². The molecule has 1 aliphatic carbocycles. The monoisotopic (exact) mass is 305 g/mol. The quantitative estimate of drug-likeness (QED) is 0.924. The van der Waals surface area contributed by atoms with Crippen LogP contribution in [0.25, 0.3) is 0 Å². The fraction of sp³-hybridized carbons (Fsp3) is 0.263. The molecule has 0 fully saturated rings. The number of aliphatic imine (C=N–C) groups is 1. The molecule has 4 rings (SSSR count). The molecule has 2 aromatic rings. The summed E-state index contributed by atoms with van der Waals surface area (Å²) < 4.78 is 0. The number of likely N-dealkylation sites (N-methyl/N-ethyl adjacent to an activating group) is 1. The number of amides is 1. The van der Waals surface area contributed by atoms with Crippen LogP contribution in [0.4, 0.5) is 0 Å². The summed E-state index contributed by atoms with van der Waals surface area (Å²) in [5.41, 5.74) is 9.40. The van der Waals surface area contributed by atoms with E-state index in [9.17, 15) is 4.79 Å². The van der Waals surface area contributed by atoms with Gasteiger partial charge in [-0.05, 0) is 41.5 Å². The first-order valence-corrected chi connectivity index (χ1v) is 7.94. The number of rotatable bonds is 2. The Morgan fingerprint density at radius 2 is 1.78 bits per heavy atom. The Bertz CT molecular complexity index is 813. The number of nitrogens with zero attached hydrogens (tertiary/aromatic N) is 2. The Kier molecular flexibility index (Phi) is 3.01. The second-order valence-electron chi connectivity index (χ2n) is 6.25. The van der Waals surface area contributed by atoms with Crippen molar-refractivity contribution >= 4 is 11.9 Å². The molecule has 1 amide bonds. The molecule has 4 heteroatoms. The molecule has 4 nitrogen and oxygen atoms in total. The van der Waals surface area contributed by atoms with Crippen molar-refractivity contribution in [2.75, 3.05) is 7.05 Å². The molecule has 1 atom stereocenters. The Hall–Kier alpha value is -2.62. The summed E-state index contributed by atoms with van der Waals surface area (Å²) in [6.45, 7) is 0. The van der Waals surface area contributed by atoms with Crippen molar-refractivity contribution in [1.82, 2.24) is 4.90 Å². The minimum Gasteiger partial charge on any atom is -0.369 e. The first-order valence-electron chi connectivity index (χ1n) is 7.94. The van der Waals surface area contributed by atoms with Crippen molar-refractivity contribution in [2.45, 2.75) is 24.8 Å². The Balaban J connectivity index is 1.96. The highest BCUT2D eigenvalue weighted by Gasteiger charge is 2.49. The number of benzene rings is 2. The van der Waals surface area contributed by atoms with Gasteiger partial charge in [0.1, 0.15) is 0 Å². The molecule has 0 spiro atoms. The molecule has 0 saturated carbocycles. The van der Waals surface area contributed by atoms with Gasteiger partial charge >= 0.3 is 0 Å². The van der Waals surface area contributed by atoms with E-state index < -0.39 is 5.54 Å². The van der Waals surface area contributed by atoms with Crippen LogP contribution in [-0.2, 0) is 23.2 Å². The smallest absolute Gasteiger partial charge is 0.266 e. The summed E-state index contributed by atoms with van der Waals surface area (Å²) in [6, 6.07) is 16.0. The molecule has 2 aromatic carbocycles. The minimum atomic E-state index is -1.06. The zero-order chi connectivity index (χ0) is 16.0. The van der Waals surface area contributed by atoms with Crippen LogP contribution in [0, 0.1) is 0 Å². The lowest BCUT2D eigenvalue weighted by atomic mass is 9.82. The van der Waals surface area contributed by atoms with Crippen molar-refractivity contribution in [3.63, 3.8) is 0 Å². The van der Waals surface area contributed by atoms with Crippen LogP contribution in [0.3, 0.4) is 0 Å². The summed E-state index contributed by atoms with van der Waals surface area (Å²) in [4.78, 5) is 19.1. The van der Waals surface area contributed by atoms with Gasteiger partial charge in [0.2, 0.25) is 0 Å². The number of aryl methyl sites for hydroxylation is 2. The molecule has 0 bridgehead atoms. The van der Waals surface area contributed by atoms with Crippen molar-refractivity contribution in [2.24, 2.45) is 10.7 Å². The molecule has 0 aromatic heterocycles. The fourth-order valence-electron chi connectivity index (χ4n) is 3.66. The van der Waals surface area contributed by atoms with Gasteiger partial charge < -0.3 is 5.73 Å². The van der Waals surface area contributed by atoms with E-state index in [0.717, 1.165) is 24.0 Å². The maximum Gasteiger partial charge on any atom is 0.266 e. The van der Waals surface area contributed by atoms with E-state index in [1.165, 1.54) is 22.4 Å². The van der Waals surface area contributed by atoms with Crippen LogP contribution in [0.1, 0.15) is 28.7 Å². The molecule has 0 saturated heterocycles. The van der Waals surface area contributed by atoms with Gasteiger partial charge in [0.15, 0.2) is 11.5 Å². The number of carbonyl (C=O) groups excluding carboxylic acids is 1. The molecule has 23 heavy (non-hydrogen) atoms. The highest BCUT2D eigenvalue weighted by molar-refractivity contribution is 6.08. The molecule has 1 heterocycles. The van der Waals surface area contributed by atoms with Crippen LogP contribution in [0.5, 0.6) is 0 Å². The summed E-state index contributed by atoms with van der Waals surface area (Å²) >= 11 is 0. The van der Waals surface area contributed by atoms with Crippen LogP contribution >= 0.6 is 0 Å². The SMILES string of the molecule is CN1C(=O)C(c2ccccc2)(c2ccc3c(c2)CCC3)N=C1N. The van der Waals surface area contributed by atoms with Crippen molar-refractivity contribution in [3.05, 3.63) is 70.8 Å². The first kappa shape index (κ1) is 14.0. The third-order valence-electron chi connectivity index (χ3n) is 4.95. The lowest BCUT2D eigenvalue weighted by Crippen LogP contribution is -2.41. The molecule has 1 unspecified atom stereocenters. The number of hydrogen-bond acceptors (Lipinski definition) is 3. The van der Waals surface area contributed by atoms with E-state index in [4.69, 9.17) is 5.73 Å². The Labute approximate surface area is 135 Å². The predicted octanol–water partition coefficient (Wildman–Crippen LogP) is 2.21. The van der Waals surface area contributed by atoms with E-state index in [2.05, 4.69) is 17.1 Å². The van der Waals surface area contributed by atoms with Crippen LogP contribution in [0.2, 0.25) is 0 Å². The van der Waals surface area contributed by atoms with Crippen LogP contribution in [-0.4, -0.2) is 23.8 Å². The van der Waals surface area contributed by atoms with Gasteiger partial charge in [0.25, 0.3) is 5.91 Å². The largest absolute Gasteiger partial charge is 0.369 e. The van der Waals surface area contributed by atoms with Gasteiger partial charge in [0.05, 0.1) is 0 Å². The lowest BCUT2D eigenvalue weighted by Gasteiger charge is -2.26. The second-order valence-corrected chi connectivity index (χ2v) is 6.25. The maximum atomic E-state index is 13.1. The molecular formula is C19H19N3O. The number of guanidine groups is 1. The molecule has 2 aliphatic rings. The number of hydrogen-bond donors (Lipinski definition) is 1. The lowest BCUT2D eigenvalue weighted by molar-refractivity contribution is -0.129. The van der Waals surface area contributed by atoms with E-state index >= 15 is 0 Å². The molecular weight excluding hydrogens is 286 g/mol. The van der Waals surface area contributed by atoms with E-state index in [1.807, 2.05) is 36.4 Å². The first-order chi connectivity index (χ1) is 11.1. The van der Waals surface area contributed by atoms with Crippen molar-refractivity contribution < 1.29 is 4.79 Å². The normalized spacial score (nSPS) is 23.1. The zero-order valence-corrected chi connectivity index (χ0v) is 13.1. The number of carbonyl (C=O) groups is 1. The molecule has 1 aliphatic heterocycles. The third-order valence-corrected chi connectivity index (χ3v) is 4.95. The number of nitrogens with two attached hydrogens (primary N) is 1. The minimum absolute atomic E-state index is 0.0980. The topological polar surface area (TPSA) is 58.7 Å². The average molecular weight is 305 g/mol. The van der Waals surface area contributed by atoms with Crippen LogP contribution in [0.15, 0.2) is 53.5 Å². The van der Waals surface area contributed by atoms with Crippen molar-refractivity contribution in [3.8, 4) is 0 Å². The van der Waals surface area contributed by atoms with Gasteiger partial charge in [0, 0.05) is 7.05 Å². The maximum absolute atomic E-state index is 13.1. The summed E-state index contributed by atoms with van der Waals surface area (Å²) in [5.74, 6) is 0.165. The summed E-state index contributed by atoms with van der Waals surface area (Å²) in [7, 11) is 1.68. The molecule has 2 N–H and O–H groups in total. The van der Waals surface area contributed by atoms with Gasteiger partial charge in [-0.1, -0.05) is 48.5 Å². The summed E-state index contributed by atoms with van der Waals surface area (Å²) in [5, 5.41) is 0. The zero-order valence-electron chi connectivity index (χ0n) is 13.1. The van der Waals surface area contributed by atoms with Gasteiger partial charge in [-0.2, -0.15) is 0 Å². The standard InChI is InChI=1S/C19H19N3O/c1-22-17(23)19(21-18(22)20,15-8-3-2-4-9-15)16-11-10-13-6-5-7-14(13)12-16/h2-4,8-12H,5-7H2,1H3,(H2,20,21).